The summed E-state index contributed by atoms with van der Waals surface area (Å²) in [4.78, 5) is 19.0. The van der Waals surface area contributed by atoms with Crippen LogP contribution in [0.5, 0.6) is 5.75 Å². The van der Waals surface area contributed by atoms with Crippen molar-refractivity contribution >= 4 is 28.3 Å². The van der Waals surface area contributed by atoms with E-state index in [0.29, 0.717) is 28.0 Å². The van der Waals surface area contributed by atoms with Crippen LogP contribution in [0.25, 0.3) is 27.3 Å². The summed E-state index contributed by atoms with van der Waals surface area (Å²) in [5.41, 5.74) is 4.53. The van der Waals surface area contributed by atoms with Gasteiger partial charge < -0.3 is 9.47 Å². The van der Waals surface area contributed by atoms with E-state index in [1.807, 2.05) is 86.0 Å². The molecule has 0 fully saturated rings. The van der Waals surface area contributed by atoms with Gasteiger partial charge in [-0.05, 0) is 55.6 Å². The van der Waals surface area contributed by atoms with Gasteiger partial charge in [-0.3, -0.25) is 0 Å². The minimum Gasteiger partial charge on any atom is -0.490 e. The van der Waals surface area contributed by atoms with Crippen molar-refractivity contribution in [1.29, 1.82) is 0 Å². The molecule has 5 rings (SSSR count). The molecule has 0 atom stereocenters. The van der Waals surface area contributed by atoms with Gasteiger partial charge in [0.25, 0.3) is 0 Å². The van der Waals surface area contributed by atoms with E-state index in [1.54, 1.807) is 22.1 Å². The highest BCUT2D eigenvalue weighted by atomic mass is 32.1. The molecule has 2 aromatic carbocycles. The first kappa shape index (κ1) is 21.9. The van der Waals surface area contributed by atoms with Crippen molar-refractivity contribution < 1.29 is 14.3 Å². The van der Waals surface area contributed by atoms with Crippen LogP contribution in [-0.2, 0) is 4.74 Å². The van der Waals surface area contributed by atoms with E-state index in [9.17, 15) is 4.79 Å². The number of carbonyl (C=O) groups is 1. The standard InChI is InChI=1S/C27H23N3O3S/c1-18-10-12-21(13-11-18)32-14-15-33-27(31)22-17-23(24-9-6-16-34-24)28-26-25(22)19(2)29-30(26)20-7-4-3-5-8-20/h3-13,16-17H,14-15H2,1-2H3. The van der Waals surface area contributed by atoms with E-state index in [-0.39, 0.29) is 13.2 Å². The van der Waals surface area contributed by atoms with Crippen molar-refractivity contribution in [2.24, 2.45) is 0 Å². The molecular weight excluding hydrogens is 446 g/mol. The van der Waals surface area contributed by atoms with E-state index in [0.717, 1.165) is 21.9 Å². The van der Waals surface area contributed by atoms with Gasteiger partial charge in [0.2, 0.25) is 0 Å². The lowest BCUT2D eigenvalue weighted by atomic mass is 10.1. The number of ether oxygens (including phenoxy) is 2. The quantitative estimate of drug-likeness (QED) is 0.216. The molecule has 170 valence electrons. The molecule has 7 heteroatoms. The summed E-state index contributed by atoms with van der Waals surface area (Å²) < 4.78 is 13.1. The Morgan fingerprint density at radius 2 is 1.76 bits per heavy atom. The number of hydrogen-bond donors (Lipinski definition) is 0. The van der Waals surface area contributed by atoms with Gasteiger partial charge in [0, 0.05) is 0 Å². The first-order valence-electron chi connectivity index (χ1n) is 11.0. The smallest absolute Gasteiger partial charge is 0.339 e. The predicted octanol–water partition coefficient (Wildman–Crippen LogP) is 6.00. The fourth-order valence-electron chi connectivity index (χ4n) is 3.76. The van der Waals surface area contributed by atoms with Crippen molar-refractivity contribution in [3.8, 4) is 22.0 Å². The average Bonchev–Trinajstić information content (AvgIpc) is 3.51. The van der Waals surface area contributed by atoms with Crippen LogP contribution in [0.4, 0.5) is 0 Å². The second kappa shape index (κ2) is 9.49. The molecule has 0 aliphatic carbocycles. The Morgan fingerprint density at radius 1 is 0.971 bits per heavy atom. The van der Waals surface area contributed by atoms with Crippen LogP contribution in [0.2, 0.25) is 0 Å². The Morgan fingerprint density at radius 3 is 2.50 bits per heavy atom. The average molecular weight is 470 g/mol. The molecule has 0 aliphatic heterocycles. The Hall–Kier alpha value is -3.97. The molecule has 0 saturated carbocycles. The number of esters is 1. The Balaban J connectivity index is 1.46. The lowest BCUT2D eigenvalue weighted by molar-refractivity contribution is 0.0452. The van der Waals surface area contributed by atoms with Crippen molar-refractivity contribution in [1.82, 2.24) is 14.8 Å². The highest BCUT2D eigenvalue weighted by Gasteiger charge is 2.22. The molecule has 3 aromatic heterocycles. The summed E-state index contributed by atoms with van der Waals surface area (Å²) in [7, 11) is 0. The molecule has 6 nitrogen and oxygen atoms in total. The number of carbonyl (C=O) groups excluding carboxylic acids is 1. The van der Waals surface area contributed by atoms with Gasteiger partial charge in [0.15, 0.2) is 5.65 Å². The Labute approximate surface area is 201 Å². The summed E-state index contributed by atoms with van der Waals surface area (Å²) in [5, 5.41) is 7.37. The Bertz CT molecular complexity index is 1430. The molecule has 0 saturated heterocycles. The van der Waals surface area contributed by atoms with Gasteiger partial charge >= 0.3 is 5.97 Å². The van der Waals surface area contributed by atoms with Crippen molar-refractivity contribution in [3.05, 3.63) is 95.0 Å². The second-order valence-electron chi connectivity index (χ2n) is 7.86. The van der Waals surface area contributed by atoms with Crippen LogP contribution in [0.1, 0.15) is 21.6 Å². The molecule has 0 aliphatic rings. The number of nitrogens with zero attached hydrogens (tertiary/aromatic N) is 3. The highest BCUT2D eigenvalue weighted by molar-refractivity contribution is 7.13. The van der Waals surface area contributed by atoms with Gasteiger partial charge in [-0.25, -0.2) is 14.5 Å². The first-order chi connectivity index (χ1) is 16.6. The van der Waals surface area contributed by atoms with Crippen LogP contribution in [0.3, 0.4) is 0 Å². The number of para-hydroxylation sites is 1. The van der Waals surface area contributed by atoms with E-state index in [1.165, 1.54) is 0 Å². The number of aryl methyl sites for hydroxylation is 2. The van der Waals surface area contributed by atoms with Gasteiger partial charge in [-0.1, -0.05) is 42.0 Å². The zero-order chi connectivity index (χ0) is 23.5. The SMILES string of the molecule is Cc1ccc(OCCOC(=O)c2cc(-c3cccs3)nc3c2c(C)nn3-c2ccccc2)cc1. The number of rotatable bonds is 7. The highest BCUT2D eigenvalue weighted by Crippen LogP contribution is 2.31. The number of thiophene rings is 1. The van der Waals surface area contributed by atoms with E-state index >= 15 is 0 Å². The summed E-state index contributed by atoms with van der Waals surface area (Å²) in [6, 6.07) is 23.3. The molecule has 34 heavy (non-hydrogen) atoms. The molecule has 0 radical (unpaired) electrons. The second-order valence-corrected chi connectivity index (χ2v) is 8.81. The fraction of sp³-hybridized carbons (Fsp3) is 0.148. The molecular formula is C27H23N3O3S. The molecule has 0 unspecified atom stereocenters. The molecule has 0 bridgehead atoms. The molecule has 0 amide bonds. The third-order valence-corrected chi connectivity index (χ3v) is 6.31. The normalized spacial score (nSPS) is 11.0. The van der Waals surface area contributed by atoms with E-state index in [2.05, 4.69) is 0 Å². The van der Waals surface area contributed by atoms with Gasteiger partial charge in [-0.15, -0.1) is 11.3 Å². The number of benzene rings is 2. The fourth-order valence-corrected chi connectivity index (χ4v) is 4.44. The maximum Gasteiger partial charge on any atom is 0.339 e. The number of pyridine rings is 1. The molecule has 0 spiro atoms. The summed E-state index contributed by atoms with van der Waals surface area (Å²) in [6.45, 7) is 4.30. The number of aromatic nitrogens is 3. The van der Waals surface area contributed by atoms with Crippen LogP contribution < -0.4 is 4.74 Å². The largest absolute Gasteiger partial charge is 0.490 e. The van der Waals surface area contributed by atoms with Gasteiger partial charge in [-0.2, -0.15) is 5.10 Å². The van der Waals surface area contributed by atoms with Crippen molar-refractivity contribution in [2.75, 3.05) is 13.2 Å². The lowest BCUT2D eigenvalue weighted by Crippen LogP contribution is -2.13. The van der Waals surface area contributed by atoms with E-state index in [4.69, 9.17) is 19.6 Å². The van der Waals surface area contributed by atoms with Gasteiger partial charge in [0.05, 0.1) is 32.9 Å². The van der Waals surface area contributed by atoms with Crippen LogP contribution in [0.15, 0.2) is 78.2 Å². The third kappa shape index (κ3) is 4.43. The van der Waals surface area contributed by atoms with Crippen molar-refractivity contribution in [3.63, 3.8) is 0 Å². The minimum absolute atomic E-state index is 0.136. The topological polar surface area (TPSA) is 66.2 Å². The summed E-state index contributed by atoms with van der Waals surface area (Å²) >= 11 is 1.57. The number of hydrogen-bond acceptors (Lipinski definition) is 6. The van der Waals surface area contributed by atoms with Crippen LogP contribution in [0, 0.1) is 13.8 Å². The summed E-state index contributed by atoms with van der Waals surface area (Å²) in [5.74, 6) is 0.321. The maximum atomic E-state index is 13.2. The number of fused-ring (bicyclic) bond motifs is 1. The maximum absolute atomic E-state index is 13.2. The molecule has 0 N–H and O–H groups in total. The zero-order valence-corrected chi connectivity index (χ0v) is 19.7. The lowest BCUT2D eigenvalue weighted by Gasteiger charge is -2.10. The zero-order valence-electron chi connectivity index (χ0n) is 18.9. The summed E-state index contributed by atoms with van der Waals surface area (Å²) in [6.07, 6.45) is 0. The minimum atomic E-state index is -0.423. The predicted molar refractivity (Wildman–Crippen MR) is 134 cm³/mol. The molecule has 5 aromatic rings. The Kier molecular flexibility index (Phi) is 6.10. The molecule has 3 heterocycles. The van der Waals surface area contributed by atoms with Crippen LogP contribution >= 0.6 is 11.3 Å². The third-order valence-electron chi connectivity index (χ3n) is 5.41. The first-order valence-corrected chi connectivity index (χ1v) is 11.8. The van der Waals surface area contributed by atoms with E-state index < -0.39 is 5.97 Å². The monoisotopic (exact) mass is 469 g/mol. The van der Waals surface area contributed by atoms with Crippen molar-refractivity contribution in [2.45, 2.75) is 13.8 Å². The van der Waals surface area contributed by atoms with Crippen LogP contribution in [-0.4, -0.2) is 33.9 Å². The van der Waals surface area contributed by atoms with Gasteiger partial charge in [0.1, 0.15) is 19.0 Å².